The first-order valence-electron chi connectivity index (χ1n) is 7.51. The fourth-order valence-corrected chi connectivity index (χ4v) is 2.92. The zero-order chi connectivity index (χ0) is 15.7. The largest absolute Gasteiger partial charge is 0.368 e. The lowest BCUT2D eigenvalue weighted by Crippen LogP contribution is -2.28. The highest BCUT2D eigenvalue weighted by molar-refractivity contribution is 5.36. The Bertz CT molecular complexity index is 648. The van der Waals surface area contributed by atoms with Crippen LogP contribution in [-0.4, -0.2) is 21.0 Å². The lowest BCUT2D eigenvalue weighted by molar-refractivity contribution is 0.356. The van der Waals surface area contributed by atoms with E-state index in [1.807, 2.05) is 0 Å². The Kier molecular flexibility index (Phi) is 3.92. The van der Waals surface area contributed by atoms with Gasteiger partial charge in [0, 0.05) is 6.04 Å². The van der Waals surface area contributed by atoms with Crippen LogP contribution in [0.5, 0.6) is 0 Å². The van der Waals surface area contributed by atoms with Crippen molar-refractivity contribution in [2.45, 2.75) is 38.9 Å². The second-order valence-corrected chi connectivity index (χ2v) is 5.86. The van der Waals surface area contributed by atoms with Crippen molar-refractivity contribution in [3.05, 3.63) is 41.2 Å². The minimum Gasteiger partial charge on any atom is -0.368 e. The lowest BCUT2D eigenvalue weighted by atomic mass is 9.98. The van der Waals surface area contributed by atoms with Gasteiger partial charge in [0.15, 0.2) is 12.0 Å². The number of hydrogen-bond acceptors (Lipinski definition) is 5. The third kappa shape index (κ3) is 3.00. The Morgan fingerprint density at radius 2 is 1.77 bits per heavy atom. The molecule has 1 aliphatic rings. The van der Waals surface area contributed by atoms with E-state index in [0.717, 1.165) is 12.8 Å². The van der Waals surface area contributed by atoms with E-state index in [9.17, 15) is 4.39 Å². The molecule has 2 aromatic rings. The molecule has 116 valence electrons. The number of fused-ring (bicyclic) bond motifs is 1. The summed E-state index contributed by atoms with van der Waals surface area (Å²) >= 11 is 0. The molecule has 0 saturated carbocycles. The van der Waals surface area contributed by atoms with Crippen molar-refractivity contribution in [3.63, 3.8) is 0 Å². The molecule has 0 amide bonds. The van der Waals surface area contributed by atoms with Crippen LogP contribution in [-0.2, 0) is 12.8 Å². The Morgan fingerprint density at radius 3 is 2.36 bits per heavy atom. The molecule has 1 aromatic heterocycles. The molecule has 1 aliphatic carbocycles. The Hall–Kier alpha value is -2.24. The summed E-state index contributed by atoms with van der Waals surface area (Å²) in [7, 11) is 0. The number of aromatic nitrogens is 3. The first-order valence-corrected chi connectivity index (χ1v) is 7.51. The molecule has 0 radical (unpaired) electrons. The number of nitrogens with one attached hydrogen (secondary N) is 1. The number of nitrogen functional groups attached to an aromatic ring is 1. The molecule has 1 aromatic carbocycles. The molecule has 22 heavy (non-hydrogen) atoms. The van der Waals surface area contributed by atoms with Gasteiger partial charge in [-0.1, -0.05) is 24.3 Å². The highest BCUT2D eigenvalue weighted by Gasteiger charge is 2.26. The molecule has 0 unspecified atom stereocenters. The SMILES string of the molecule is C[C@H](F)c1nc(N)nc(N[C@@H](C)C2Cc3ccccc3C2)n1. The summed E-state index contributed by atoms with van der Waals surface area (Å²) in [6.45, 7) is 3.48. The molecule has 3 rings (SSSR count). The number of hydrogen-bond donors (Lipinski definition) is 2. The van der Waals surface area contributed by atoms with Gasteiger partial charge in [-0.15, -0.1) is 0 Å². The number of rotatable bonds is 4. The maximum absolute atomic E-state index is 13.4. The summed E-state index contributed by atoms with van der Waals surface area (Å²) in [5.41, 5.74) is 8.42. The molecule has 1 heterocycles. The van der Waals surface area contributed by atoms with Gasteiger partial charge >= 0.3 is 0 Å². The molecule has 0 aliphatic heterocycles. The highest BCUT2D eigenvalue weighted by atomic mass is 19.1. The normalized spacial score (nSPS) is 17.0. The second kappa shape index (κ2) is 5.87. The summed E-state index contributed by atoms with van der Waals surface area (Å²) in [5, 5.41) is 3.25. The van der Waals surface area contributed by atoms with Crippen LogP contribution in [0.2, 0.25) is 0 Å². The summed E-state index contributed by atoms with van der Waals surface area (Å²) in [4.78, 5) is 12.0. The highest BCUT2D eigenvalue weighted by Crippen LogP contribution is 2.29. The van der Waals surface area contributed by atoms with E-state index in [1.165, 1.54) is 18.1 Å². The third-order valence-electron chi connectivity index (χ3n) is 4.17. The fraction of sp³-hybridized carbons (Fsp3) is 0.438. The van der Waals surface area contributed by atoms with Crippen LogP contribution in [0, 0.1) is 5.92 Å². The van der Waals surface area contributed by atoms with Crippen LogP contribution >= 0.6 is 0 Å². The number of alkyl halides is 1. The van der Waals surface area contributed by atoms with Gasteiger partial charge in [-0.2, -0.15) is 15.0 Å². The summed E-state index contributed by atoms with van der Waals surface area (Å²) in [6.07, 6.45) is 0.783. The summed E-state index contributed by atoms with van der Waals surface area (Å²) in [6, 6.07) is 8.65. The van der Waals surface area contributed by atoms with Crippen molar-refractivity contribution < 1.29 is 4.39 Å². The van der Waals surface area contributed by atoms with Gasteiger partial charge in [-0.25, -0.2) is 4.39 Å². The number of nitrogens with zero attached hydrogens (tertiary/aromatic N) is 3. The number of anilines is 2. The first-order chi connectivity index (χ1) is 10.5. The molecule has 0 saturated heterocycles. The third-order valence-corrected chi connectivity index (χ3v) is 4.17. The van der Waals surface area contributed by atoms with Gasteiger partial charge in [0.2, 0.25) is 11.9 Å². The maximum atomic E-state index is 13.4. The minimum atomic E-state index is -1.27. The smallest absolute Gasteiger partial charge is 0.228 e. The minimum absolute atomic E-state index is 0.0407. The lowest BCUT2D eigenvalue weighted by Gasteiger charge is -2.20. The molecule has 0 fully saturated rings. The van der Waals surface area contributed by atoms with Crippen molar-refractivity contribution in [2.24, 2.45) is 5.92 Å². The van der Waals surface area contributed by atoms with Gasteiger partial charge < -0.3 is 11.1 Å². The standard InChI is InChI=1S/C16H20FN5/c1-9(17)14-20-15(18)22-16(21-14)19-10(2)13-7-11-5-3-4-6-12(11)8-13/h3-6,9-10,13H,7-8H2,1-2H3,(H3,18,19,20,21,22)/t9-,10-/m0/s1. The first kappa shape index (κ1) is 14.7. The van der Waals surface area contributed by atoms with E-state index in [1.54, 1.807) is 0 Å². The van der Waals surface area contributed by atoms with Crippen LogP contribution in [0.15, 0.2) is 24.3 Å². The van der Waals surface area contributed by atoms with E-state index in [0.29, 0.717) is 11.9 Å². The van der Waals surface area contributed by atoms with Crippen molar-refractivity contribution in [2.75, 3.05) is 11.1 Å². The average Bonchev–Trinajstić information content (AvgIpc) is 2.90. The van der Waals surface area contributed by atoms with Crippen LogP contribution in [0.4, 0.5) is 16.3 Å². The van der Waals surface area contributed by atoms with E-state index in [4.69, 9.17) is 5.73 Å². The number of halogens is 1. The molecule has 2 atom stereocenters. The molecule has 3 N–H and O–H groups in total. The topological polar surface area (TPSA) is 76.7 Å². The van der Waals surface area contributed by atoms with Crippen LogP contribution in [0.25, 0.3) is 0 Å². The van der Waals surface area contributed by atoms with E-state index >= 15 is 0 Å². The predicted octanol–water partition coefficient (Wildman–Crippen LogP) is 2.70. The Labute approximate surface area is 129 Å². The quantitative estimate of drug-likeness (QED) is 0.908. The zero-order valence-electron chi connectivity index (χ0n) is 12.8. The zero-order valence-corrected chi connectivity index (χ0v) is 12.8. The maximum Gasteiger partial charge on any atom is 0.228 e. The van der Waals surface area contributed by atoms with Gasteiger partial charge in [0.25, 0.3) is 0 Å². The molecular weight excluding hydrogens is 281 g/mol. The average molecular weight is 301 g/mol. The monoisotopic (exact) mass is 301 g/mol. The van der Waals surface area contributed by atoms with Crippen LogP contribution in [0.3, 0.4) is 0 Å². The molecule has 6 heteroatoms. The van der Waals surface area contributed by atoms with Gasteiger partial charge in [0.1, 0.15) is 0 Å². The molecular formula is C16H20FN5. The van der Waals surface area contributed by atoms with Crippen molar-refractivity contribution in [1.29, 1.82) is 0 Å². The summed E-state index contributed by atoms with van der Waals surface area (Å²) < 4.78 is 13.4. The molecule has 0 spiro atoms. The van der Waals surface area contributed by atoms with Crippen LogP contribution < -0.4 is 11.1 Å². The number of benzene rings is 1. The Balaban J connectivity index is 1.72. The Morgan fingerprint density at radius 1 is 1.14 bits per heavy atom. The van der Waals surface area contributed by atoms with Crippen molar-refractivity contribution in [1.82, 2.24) is 15.0 Å². The fourth-order valence-electron chi connectivity index (χ4n) is 2.92. The molecule has 5 nitrogen and oxygen atoms in total. The van der Waals surface area contributed by atoms with Crippen LogP contribution in [0.1, 0.15) is 37.0 Å². The van der Waals surface area contributed by atoms with E-state index in [2.05, 4.69) is 51.5 Å². The van der Waals surface area contributed by atoms with Crippen molar-refractivity contribution >= 4 is 11.9 Å². The summed E-state index contributed by atoms with van der Waals surface area (Å²) in [5.74, 6) is 0.910. The van der Waals surface area contributed by atoms with E-state index < -0.39 is 6.17 Å². The van der Waals surface area contributed by atoms with Gasteiger partial charge in [0.05, 0.1) is 0 Å². The van der Waals surface area contributed by atoms with Gasteiger partial charge in [-0.3, -0.25) is 0 Å². The second-order valence-electron chi connectivity index (χ2n) is 5.86. The number of nitrogens with two attached hydrogens (primary N) is 1. The van der Waals surface area contributed by atoms with Gasteiger partial charge in [-0.05, 0) is 43.7 Å². The molecule has 0 bridgehead atoms. The van der Waals surface area contributed by atoms with Crippen molar-refractivity contribution in [3.8, 4) is 0 Å². The predicted molar refractivity (Wildman–Crippen MR) is 84.2 cm³/mol. The van der Waals surface area contributed by atoms with E-state index in [-0.39, 0.29) is 17.8 Å².